The molecular weight excluding hydrogens is 366 g/mol. The van der Waals surface area contributed by atoms with Crippen molar-refractivity contribution in [3.8, 4) is 5.75 Å². The van der Waals surface area contributed by atoms with Gasteiger partial charge in [0.25, 0.3) is 5.91 Å². The lowest BCUT2D eigenvalue weighted by atomic mass is 9.95. The van der Waals surface area contributed by atoms with E-state index in [1.54, 1.807) is 19.2 Å². The second-order valence-corrected chi connectivity index (χ2v) is 7.77. The summed E-state index contributed by atoms with van der Waals surface area (Å²) >= 11 is 0. The Kier molecular flexibility index (Phi) is 6.39. The van der Waals surface area contributed by atoms with E-state index in [-0.39, 0.29) is 11.9 Å². The molecule has 0 radical (unpaired) electrons. The molecule has 2 aliphatic rings. The summed E-state index contributed by atoms with van der Waals surface area (Å²) in [5.41, 5.74) is 8.56. The molecule has 0 aliphatic carbocycles. The van der Waals surface area contributed by atoms with Gasteiger partial charge >= 0.3 is 0 Å². The molecule has 2 aromatic rings. The topological polar surface area (TPSA) is 78.5 Å². The van der Waals surface area contributed by atoms with E-state index in [2.05, 4.69) is 32.1 Å². The number of methoxy groups -OCH3 is 1. The van der Waals surface area contributed by atoms with Crippen LogP contribution in [0.4, 0.5) is 0 Å². The van der Waals surface area contributed by atoms with Gasteiger partial charge in [-0.15, -0.1) is 0 Å². The van der Waals surface area contributed by atoms with Crippen LogP contribution in [0.15, 0.2) is 48.7 Å². The van der Waals surface area contributed by atoms with Crippen molar-refractivity contribution >= 4 is 5.91 Å². The molecule has 2 atom stereocenters. The van der Waals surface area contributed by atoms with E-state index in [1.807, 2.05) is 30.5 Å². The Balaban J connectivity index is 1.20. The fourth-order valence-electron chi connectivity index (χ4n) is 4.11. The highest BCUT2D eigenvalue weighted by Crippen LogP contribution is 2.25. The van der Waals surface area contributed by atoms with Gasteiger partial charge in [-0.25, -0.2) is 10.9 Å². The summed E-state index contributed by atoms with van der Waals surface area (Å²) in [6.45, 7) is 2.81. The molecule has 7 heteroatoms. The summed E-state index contributed by atoms with van der Waals surface area (Å²) in [5.74, 6) is 1.26. The van der Waals surface area contributed by atoms with Crippen LogP contribution in [-0.4, -0.2) is 48.7 Å². The van der Waals surface area contributed by atoms with Gasteiger partial charge in [-0.05, 0) is 74.7 Å². The molecule has 0 bridgehead atoms. The van der Waals surface area contributed by atoms with E-state index in [0.29, 0.717) is 17.6 Å². The molecule has 154 valence electrons. The van der Waals surface area contributed by atoms with E-state index in [0.717, 1.165) is 50.3 Å². The third-order valence-electron chi connectivity index (χ3n) is 5.92. The molecule has 2 unspecified atom stereocenters. The second kappa shape index (κ2) is 9.35. The maximum atomic E-state index is 12.3. The van der Waals surface area contributed by atoms with Gasteiger partial charge in [0.05, 0.1) is 25.0 Å². The van der Waals surface area contributed by atoms with Crippen molar-refractivity contribution < 1.29 is 9.53 Å². The first-order valence-electron chi connectivity index (χ1n) is 10.3. The molecule has 0 saturated carbocycles. The van der Waals surface area contributed by atoms with Crippen LogP contribution in [0.5, 0.6) is 5.75 Å². The molecule has 1 aromatic carbocycles. The number of aromatic nitrogens is 1. The van der Waals surface area contributed by atoms with Gasteiger partial charge in [0.15, 0.2) is 0 Å². The Labute approximate surface area is 171 Å². The molecule has 3 heterocycles. The van der Waals surface area contributed by atoms with Crippen LogP contribution in [-0.2, 0) is 0 Å². The average Bonchev–Trinajstić information content (AvgIpc) is 3.29. The Morgan fingerprint density at radius 2 is 1.97 bits per heavy atom. The molecule has 2 aliphatic heterocycles. The average molecular weight is 396 g/mol. The van der Waals surface area contributed by atoms with Gasteiger partial charge in [0, 0.05) is 18.3 Å². The van der Waals surface area contributed by atoms with Crippen LogP contribution in [0, 0.1) is 5.92 Å². The Hall–Kier alpha value is -2.48. The number of hydrazine groups is 1. The lowest BCUT2D eigenvalue weighted by molar-refractivity contribution is 0.0914. The summed E-state index contributed by atoms with van der Waals surface area (Å²) in [6.07, 6.45) is 5.37. The smallest absolute Gasteiger partial charge is 0.251 e. The number of likely N-dealkylation sites (tertiary alicyclic amines) is 1. The third-order valence-corrected chi connectivity index (χ3v) is 5.92. The molecule has 3 N–H and O–H groups in total. The zero-order valence-electron chi connectivity index (χ0n) is 16.8. The normalized spacial score (nSPS) is 23.1. The van der Waals surface area contributed by atoms with Crippen molar-refractivity contribution in [2.75, 3.05) is 26.7 Å². The number of pyridine rings is 1. The number of hydrogen-bond donors (Lipinski definition) is 3. The number of ether oxygens (including phenoxy) is 1. The fraction of sp³-hybridized carbons (Fsp3) is 0.455. The van der Waals surface area contributed by atoms with E-state index in [9.17, 15) is 4.79 Å². The van der Waals surface area contributed by atoms with Gasteiger partial charge in [-0.1, -0.05) is 6.07 Å². The van der Waals surface area contributed by atoms with Crippen molar-refractivity contribution in [1.29, 1.82) is 0 Å². The van der Waals surface area contributed by atoms with Crippen LogP contribution in [0.3, 0.4) is 0 Å². The standard InChI is InChI=1S/C22H29N5O2/c1-29-18-7-5-17(6-8-18)22(28)24-15-16-9-12-27(13-10-16)21-14-20(25-26-21)19-4-2-3-11-23-19/h2-8,11,16,20-21,25-26H,9-10,12-15H2,1H3,(H,24,28). The van der Waals surface area contributed by atoms with Crippen molar-refractivity contribution in [2.24, 2.45) is 5.92 Å². The van der Waals surface area contributed by atoms with E-state index in [1.165, 1.54) is 0 Å². The molecule has 1 aromatic heterocycles. The molecule has 2 fully saturated rings. The molecule has 7 nitrogen and oxygen atoms in total. The van der Waals surface area contributed by atoms with Crippen molar-refractivity contribution in [3.63, 3.8) is 0 Å². The van der Waals surface area contributed by atoms with Crippen LogP contribution in [0.2, 0.25) is 0 Å². The lowest BCUT2D eigenvalue weighted by Crippen LogP contribution is -2.49. The van der Waals surface area contributed by atoms with Gasteiger partial charge < -0.3 is 10.1 Å². The number of nitrogens with zero attached hydrogens (tertiary/aromatic N) is 2. The minimum atomic E-state index is -0.0186. The zero-order chi connectivity index (χ0) is 20.1. The summed E-state index contributed by atoms with van der Waals surface area (Å²) in [6, 6.07) is 13.5. The van der Waals surface area contributed by atoms with E-state index < -0.39 is 0 Å². The van der Waals surface area contributed by atoms with Crippen LogP contribution in [0.25, 0.3) is 0 Å². The number of hydrogen-bond acceptors (Lipinski definition) is 6. The Morgan fingerprint density at radius 3 is 2.66 bits per heavy atom. The highest BCUT2D eigenvalue weighted by molar-refractivity contribution is 5.94. The summed E-state index contributed by atoms with van der Waals surface area (Å²) in [5, 5.41) is 3.08. The quantitative estimate of drug-likeness (QED) is 0.695. The predicted octanol–water partition coefficient (Wildman–Crippen LogP) is 2.10. The van der Waals surface area contributed by atoms with E-state index in [4.69, 9.17) is 4.74 Å². The monoisotopic (exact) mass is 395 g/mol. The minimum absolute atomic E-state index is 0.0186. The molecule has 0 spiro atoms. The fourth-order valence-corrected chi connectivity index (χ4v) is 4.11. The minimum Gasteiger partial charge on any atom is -0.497 e. The van der Waals surface area contributed by atoms with Gasteiger partial charge in [-0.2, -0.15) is 0 Å². The number of nitrogens with one attached hydrogen (secondary N) is 3. The highest BCUT2D eigenvalue weighted by atomic mass is 16.5. The van der Waals surface area contributed by atoms with Crippen LogP contribution in [0.1, 0.15) is 41.4 Å². The summed E-state index contributed by atoms with van der Waals surface area (Å²) < 4.78 is 5.14. The largest absolute Gasteiger partial charge is 0.497 e. The third kappa shape index (κ3) is 4.93. The van der Waals surface area contributed by atoms with Crippen molar-refractivity contribution in [1.82, 2.24) is 26.1 Å². The first-order valence-corrected chi connectivity index (χ1v) is 10.3. The Morgan fingerprint density at radius 1 is 1.17 bits per heavy atom. The Bertz CT molecular complexity index is 791. The number of carbonyl (C=O) groups is 1. The number of amides is 1. The van der Waals surface area contributed by atoms with Crippen molar-refractivity contribution in [3.05, 3.63) is 59.9 Å². The summed E-state index contributed by atoms with van der Waals surface area (Å²) in [7, 11) is 1.62. The van der Waals surface area contributed by atoms with Crippen LogP contribution >= 0.6 is 0 Å². The maximum absolute atomic E-state index is 12.3. The first kappa shape index (κ1) is 19.8. The maximum Gasteiger partial charge on any atom is 0.251 e. The number of piperidine rings is 1. The molecule has 4 rings (SSSR count). The number of benzene rings is 1. The summed E-state index contributed by atoms with van der Waals surface area (Å²) in [4.78, 5) is 19.3. The lowest BCUT2D eigenvalue weighted by Gasteiger charge is -2.35. The van der Waals surface area contributed by atoms with Crippen LogP contribution < -0.4 is 20.9 Å². The van der Waals surface area contributed by atoms with Gasteiger partial charge in [-0.3, -0.25) is 14.7 Å². The SMILES string of the molecule is COc1ccc(C(=O)NCC2CCN(C3CC(c4ccccn4)NN3)CC2)cc1. The highest BCUT2D eigenvalue weighted by Gasteiger charge is 2.32. The van der Waals surface area contributed by atoms with Crippen molar-refractivity contribution in [2.45, 2.75) is 31.5 Å². The molecule has 1 amide bonds. The molecule has 29 heavy (non-hydrogen) atoms. The molecular formula is C22H29N5O2. The van der Waals surface area contributed by atoms with Gasteiger partial charge in [0.2, 0.25) is 0 Å². The zero-order valence-corrected chi connectivity index (χ0v) is 16.8. The predicted molar refractivity (Wildman–Crippen MR) is 111 cm³/mol. The number of carbonyl (C=O) groups excluding carboxylic acids is 1. The molecule has 2 saturated heterocycles. The van der Waals surface area contributed by atoms with E-state index >= 15 is 0 Å². The second-order valence-electron chi connectivity index (χ2n) is 7.77. The number of rotatable bonds is 6. The van der Waals surface area contributed by atoms with Gasteiger partial charge in [0.1, 0.15) is 5.75 Å². The first-order chi connectivity index (χ1) is 14.2.